The van der Waals surface area contributed by atoms with Crippen molar-refractivity contribution in [2.45, 2.75) is 33.9 Å². The summed E-state index contributed by atoms with van der Waals surface area (Å²) in [5.74, 6) is 1.90. The molecule has 0 unspecified atom stereocenters. The molecule has 1 aromatic carbocycles. The number of guanidine groups is 1. The third-order valence-corrected chi connectivity index (χ3v) is 4.99. The average molecular weight is 483 g/mol. The Kier molecular flexibility index (Phi) is 7.89. The van der Waals surface area contributed by atoms with Crippen molar-refractivity contribution in [2.75, 3.05) is 13.1 Å². The smallest absolute Gasteiger partial charge is 0.191 e. The number of hydrogen-bond donors (Lipinski definition) is 2. The Bertz CT molecular complexity index is 868. The lowest BCUT2D eigenvalue weighted by Gasteiger charge is -2.12. The zero-order valence-electron chi connectivity index (χ0n) is 15.5. The van der Waals surface area contributed by atoms with Crippen LogP contribution >= 0.6 is 35.3 Å². The van der Waals surface area contributed by atoms with Crippen LogP contribution < -0.4 is 10.6 Å². The van der Waals surface area contributed by atoms with E-state index < -0.39 is 0 Å². The van der Waals surface area contributed by atoms with E-state index >= 15 is 0 Å². The lowest BCUT2D eigenvalue weighted by molar-refractivity contribution is 0.660. The molecule has 0 saturated carbocycles. The van der Waals surface area contributed by atoms with E-state index in [1.54, 1.807) is 11.3 Å². The first kappa shape index (κ1) is 20.7. The number of thiophene rings is 1. The summed E-state index contributed by atoms with van der Waals surface area (Å²) < 4.78 is 2.24. The van der Waals surface area contributed by atoms with Crippen molar-refractivity contribution >= 4 is 52.3 Å². The number of hydrogen-bond acceptors (Lipinski definition) is 3. The molecule has 26 heavy (non-hydrogen) atoms. The Hall–Kier alpha value is -1.61. The number of rotatable bonds is 6. The summed E-state index contributed by atoms with van der Waals surface area (Å²) in [6, 6.07) is 12.5. The summed E-state index contributed by atoms with van der Waals surface area (Å²) >= 11 is 1.80. The van der Waals surface area contributed by atoms with Crippen LogP contribution in [0.2, 0.25) is 0 Å². The summed E-state index contributed by atoms with van der Waals surface area (Å²) in [7, 11) is 0. The summed E-state index contributed by atoms with van der Waals surface area (Å²) in [4.78, 5) is 11.9. The van der Waals surface area contributed by atoms with Gasteiger partial charge < -0.3 is 15.2 Å². The van der Waals surface area contributed by atoms with Crippen molar-refractivity contribution in [3.05, 3.63) is 52.0 Å². The molecule has 140 valence electrons. The predicted octanol–water partition coefficient (Wildman–Crippen LogP) is 4.09. The van der Waals surface area contributed by atoms with E-state index in [9.17, 15) is 0 Å². The molecule has 0 amide bonds. The van der Waals surface area contributed by atoms with Crippen LogP contribution in [0, 0.1) is 13.8 Å². The number of aryl methyl sites for hydroxylation is 2. The maximum atomic E-state index is 4.68. The van der Waals surface area contributed by atoms with Crippen molar-refractivity contribution in [1.82, 2.24) is 20.2 Å². The van der Waals surface area contributed by atoms with E-state index in [2.05, 4.69) is 76.3 Å². The van der Waals surface area contributed by atoms with Crippen LogP contribution in [-0.4, -0.2) is 28.6 Å². The number of halogens is 1. The standard InChI is InChI=1S/C19H25N5S.HI/c1-4-20-19(22-13-16-10-9-14(2)25-16)21-11-12-24-15(3)23-17-7-5-6-8-18(17)24;/h5-10H,4,11-13H2,1-3H3,(H2,20,21,22);1H. The van der Waals surface area contributed by atoms with Crippen molar-refractivity contribution < 1.29 is 0 Å². The molecular formula is C19H26IN5S. The van der Waals surface area contributed by atoms with Crippen molar-refractivity contribution in [3.8, 4) is 0 Å². The van der Waals surface area contributed by atoms with Crippen molar-refractivity contribution in [2.24, 2.45) is 4.99 Å². The molecule has 3 aromatic rings. The van der Waals surface area contributed by atoms with Crippen LogP contribution in [0.25, 0.3) is 11.0 Å². The number of benzene rings is 1. The van der Waals surface area contributed by atoms with Gasteiger partial charge in [0.25, 0.3) is 0 Å². The molecule has 0 aliphatic rings. The number of imidazole rings is 1. The second-order valence-electron chi connectivity index (χ2n) is 5.93. The summed E-state index contributed by atoms with van der Waals surface area (Å²) in [6.45, 7) is 9.48. The van der Waals surface area contributed by atoms with Gasteiger partial charge in [-0.1, -0.05) is 12.1 Å². The van der Waals surface area contributed by atoms with E-state index in [1.165, 1.54) is 15.3 Å². The van der Waals surface area contributed by atoms with Gasteiger partial charge in [-0.15, -0.1) is 35.3 Å². The highest BCUT2D eigenvalue weighted by Gasteiger charge is 2.06. The highest BCUT2D eigenvalue weighted by atomic mass is 127. The van der Waals surface area contributed by atoms with Crippen molar-refractivity contribution in [3.63, 3.8) is 0 Å². The number of aromatic nitrogens is 2. The molecule has 2 aromatic heterocycles. The minimum atomic E-state index is 0. The van der Waals surface area contributed by atoms with E-state index in [-0.39, 0.29) is 24.0 Å². The average Bonchev–Trinajstić information content (AvgIpc) is 3.16. The van der Waals surface area contributed by atoms with Gasteiger partial charge in [0.15, 0.2) is 5.96 Å². The Morgan fingerprint density at radius 3 is 2.69 bits per heavy atom. The van der Waals surface area contributed by atoms with E-state index in [0.717, 1.165) is 36.9 Å². The topological polar surface area (TPSA) is 54.2 Å². The van der Waals surface area contributed by atoms with E-state index in [4.69, 9.17) is 0 Å². The van der Waals surface area contributed by atoms with Crippen molar-refractivity contribution in [1.29, 1.82) is 0 Å². The third kappa shape index (κ3) is 5.20. The zero-order chi connectivity index (χ0) is 17.6. The Balaban J connectivity index is 0.00000243. The zero-order valence-corrected chi connectivity index (χ0v) is 18.6. The quantitative estimate of drug-likeness (QED) is 0.316. The maximum absolute atomic E-state index is 4.68. The van der Waals surface area contributed by atoms with Gasteiger partial charge in [0.2, 0.25) is 0 Å². The molecular weight excluding hydrogens is 457 g/mol. The number of nitrogens with one attached hydrogen (secondary N) is 2. The first-order chi connectivity index (χ1) is 12.2. The first-order valence-electron chi connectivity index (χ1n) is 8.66. The summed E-state index contributed by atoms with van der Waals surface area (Å²) in [6.07, 6.45) is 0. The van der Waals surface area contributed by atoms with Crippen LogP contribution in [-0.2, 0) is 13.1 Å². The first-order valence-corrected chi connectivity index (χ1v) is 9.48. The fourth-order valence-electron chi connectivity index (χ4n) is 2.83. The Morgan fingerprint density at radius 2 is 1.96 bits per heavy atom. The van der Waals surface area contributed by atoms with Gasteiger partial charge in [0.1, 0.15) is 5.82 Å². The molecule has 0 aliphatic heterocycles. The Morgan fingerprint density at radius 1 is 1.15 bits per heavy atom. The number of fused-ring (bicyclic) bond motifs is 1. The van der Waals surface area contributed by atoms with Gasteiger partial charge in [-0.25, -0.2) is 9.98 Å². The fourth-order valence-corrected chi connectivity index (χ4v) is 3.65. The van der Waals surface area contributed by atoms with E-state index in [1.807, 2.05) is 6.07 Å². The minimum absolute atomic E-state index is 0. The van der Waals surface area contributed by atoms with Crippen LogP contribution in [0.3, 0.4) is 0 Å². The maximum Gasteiger partial charge on any atom is 0.191 e. The molecule has 3 rings (SSSR count). The summed E-state index contributed by atoms with van der Waals surface area (Å²) in [5, 5.41) is 6.73. The summed E-state index contributed by atoms with van der Waals surface area (Å²) in [5.41, 5.74) is 2.23. The molecule has 0 radical (unpaired) electrons. The fraction of sp³-hybridized carbons (Fsp3) is 0.368. The normalized spacial score (nSPS) is 11.4. The van der Waals surface area contributed by atoms with Gasteiger partial charge in [0, 0.05) is 29.4 Å². The lowest BCUT2D eigenvalue weighted by Crippen LogP contribution is -2.38. The predicted molar refractivity (Wildman–Crippen MR) is 122 cm³/mol. The van der Waals surface area contributed by atoms with Gasteiger partial charge >= 0.3 is 0 Å². The largest absolute Gasteiger partial charge is 0.357 e. The molecule has 0 bridgehead atoms. The van der Waals surface area contributed by atoms with Gasteiger partial charge in [0.05, 0.1) is 17.6 Å². The Labute approximate surface area is 176 Å². The number of nitrogens with zero attached hydrogens (tertiary/aromatic N) is 3. The van der Waals surface area contributed by atoms with Crippen LogP contribution in [0.4, 0.5) is 0 Å². The number of aliphatic imine (C=N–C) groups is 1. The molecule has 0 atom stereocenters. The molecule has 2 heterocycles. The lowest BCUT2D eigenvalue weighted by atomic mass is 10.3. The highest BCUT2D eigenvalue weighted by molar-refractivity contribution is 14.0. The highest BCUT2D eigenvalue weighted by Crippen LogP contribution is 2.16. The molecule has 7 heteroatoms. The van der Waals surface area contributed by atoms with Gasteiger partial charge in [-0.2, -0.15) is 0 Å². The number of para-hydroxylation sites is 2. The SMILES string of the molecule is CCNC(=NCc1ccc(C)s1)NCCn1c(C)nc2ccccc21.I. The minimum Gasteiger partial charge on any atom is -0.357 e. The molecule has 5 nitrogen and oxygen atoms in total. The molecule has 0 aliphatic carbocycles. The van der Waals surface area contributed by atoms with Crippen LogP contribution in [0.1, 0.15) is 22.5 Å². The van der Waals surface area contributed by atoms with E-state index in [0.29, 0.717) is 6.54 Å². The second kappa shape index (κ2) is 9.91. The van der Waals surface area contributed by atoms with Crippen LogP contribution in [0.5, 0.6) is 0 Å². The third-order valence-electron chi connectivity index (χ3n) is 4.01. The molecule has 0 fully saturated rings. The van der Waals surface area contributed by atoms with Gasteiger partial charge in [-0.3, -0.25) is 0 Å². The second-order valence-corrected chi connectivity index (χ2v) is 7.31. The molecule has 2 N–H and O–H groups in total. The van der Waals surface area contributed by atoms with Gasteiger partial charge in [-0.05, 0) is 45.0 Å². The van der Waals surface area contributed by atoms with Crippen LogP contribution in [0.15, 0.2) is 41.4 Å². The monoisotopic (exact) mass is 483 g/mol. The molecule has 0 spiro atoms. The molecule has 0 saturated heterocycles.